The zero-order chi connectivity index (χ0) is 18.5. The molecular weight excluding hydrogens is 328 g/mol. The second kappa shape index (κ2) is 8.12. The van der Waals surface area contributed by atoms with Gasteiger partial charge in [0, 0.05) is 19.2 Å². The Balaban J connectivity index is 2.05. The molecule has 0 atom stereocenters. The minimum atomic E-state index is 0.467. The summed E-state index contributed by atoms with van der Waals surface area (Å²) >= 11 is 0. The van der Waals surface area contributed by atoms with Gasteiger partial charge in [0.2, 0.25) is 0 Å². The Morgan fingerprint density at radius 3 is 2.88 bits per heavy atom. The van der Waals surface area contributed by atoms with Crippen molar-refractivity contribution in [2.45, 2.75) is 52.5 Å². The van der Waals surface area contributed by atoms with Crippen LogP contribution in [0.4, 0.5) is 5.82 Å². The number of aromatic nitrogens is 4. The largest absolute Gasteiger partial charge is 0.399 e. The van der Waals surface area contributed by atoms with E-state index in [1.54, 1.807) is 13.3 Å². The van der Waals surface area contributed by atoms with Crippen LogP contribution in [0.1, 0.15) is 45.4 Å². The first-order chi connectivity index (χ1) is 12.7. The van der Waals surface area contributed by atoms with Crippen molar-refractivity contribution in [3.63, 3.8) is 0 Å². The van der Waals surface area contributed by atoms with Crippen LogP contribution < -0.4 is 5.73 Å². The molecule has 3 aromatic heterocycles. The molecule has 0 unspecified atom stereocenters. The van der Waals surface area contributed by atoms with Gasteiger partial charge >= 0.3 is 0 Å². The van der Waals surface area contributed by atoms with Crippen LogP contribution in [0, 0.1) is 0 Å². The number of hydrogen-bond acceptors (Lipinski definition) is 6. The Morgan fingerprint density at radius 2 is 2.12 bits per heavy atom. The first-order valence-corrected chi connectivity index (χ1v) is 9.11. The van der Waals surface area contributed by atoms with Gasteiger partial charge < -0.3 is 15.1 Å². The van der Waals surface area contributed by atoms with E-state index >= 15 is 0 Å². The van der Waals surface area contributed by atoms with Gasteiger partial charge in [0.1, 0.15) is 29.5 Å². The average Bonchev–Trinajstić information content (AvgIpc) is 3.00. The number of unbranched alkanes of at least 4 members (excludes halogenated alkanes) is 1. The molecule has 0 saturated heterocycles. The lowest BCUT2D eigenvalue weighted by Gasteiger charge is -2.10. The van der Waals surface area contributed by atoms with Crippen molar-refractivity contribution in [3.8, 4) is 0 Å². The molecule has 7 nitrogen and oxygen atoms in total. The van der Waals surface area contributed by atoms with Gasteiger partial charge in [-0.15, -0.1) is 0 Å². The number of nitrogens with zero attached hydrogens (tertiary/aromatic N) is 5. The summed E-state index contributed by atoms with van der Waals surface area (Å²) in [5.74, 6) is 1.52. The molecule has 0 spiro atoms. The summed E-state index contributed by atoms with van der Waals surface area (Å²) in [6, 6.07) is 3.82. The fourth-order valence-corrected chi connectivity index (χ4v) is 3.23. The maximum atomic E-state index is 6.20. The number of nitrogen functional groups attached to an aromatic ring is 1. The number of pyridine rings is 2. The van der Waals surface area contributed by atoms with E-state index in [4.69, 9.17) is 15.6 Å². The van der Waals surface area contributed by atoms with Gasteiger partial charge in [0.25, 0.3) is 0 Å². The fourth-order valence-electron chi connectivity index (χ4n) is 3.23. The van der Waals surface area contributed by atoms with Crippen molar-refractivity contribution in [3.05, 3.63) is 24.2 Å². The van der Waals surface area contributed by atoms with Gasteiger partial charge in [-0.25, -0.2) is 9.97 Å². The van der Waals surface area contributed by atoms with Crippen LogP contribution in [0.15, 0.2) is 23.5 Å². The first kappa shape index (κ1) is 18.1. The third kappa shape index (κ3) is 3.61. The Bertz CT molecular complexity index is 931. The number of anilines is 1. The van der Waals surface area contributed by atoms with Crippen molar-refractivity contribution in [2.24, 2.45) is 5.16 Å². The van der Waals surface area contributed by atoms with Gasteiger partial charge in [-0.1, -0.05) is 18.5 Å². The Morgan fingerprint density at radius 1 is 1.27 bits per heavy atom. The highest BCUT2D eigenvalue weighted by molar-refractivity contribution is 6.04. The van der Waals surface area contributed by atoms with Crippen LogP contribution in [0.3, 0.4) is 0 Å². The maximum Gasteiger partial charge on any atom is 0.152 e. The number of imidazole rings is 1. The molecule has 3 aromatic rings. The van der Waals surface area contributed by atoms with Crippen LogP contribution in [-0.4, -0.2) is 32.3 Å². The second-order valence-electron chi connectivity index (χ2n) is 6.46. The zero-order valence-corrected chi connectivity index (χ0v) is 15.7. The molecule has 3 rings (SSSR count). The van der Waals surface area contributed by atoms with E-state index in [2.05, 4.69) is 26.6 Å². The van der Waals surface area contributed by atoms with Crippen LogP contribution >= 0.6 is 0 Å². The Labute approximate surface area is 153 Å². The van der Waals surface area contributed by atoms with Gasteiger partial charge in [0.15, 0.2) is 5.82 Å². The third-order valence-electron chi connectivity index (χ3n) is 4.46. The lowest BCUT2D eigenvalue weighted by atomic mass is 10.2. The number of fused-ring (bicyclic) bond motifs is 3. The predicted octanol–water partition coefficient (Wildman–Crippen LogP) is 3.71. The molecule has 0 aliphatic carbocycles. The average molecular weight is 354 g/mol. The van der Waals surface area contributed by atoms with E-state index in [1.807, 2.05) is 19.1 Å². The maximum absolute atomic E-state index is 6.20. The quantitative estimate of drug-likeness (QED) is 0.492. The molecular formula is C19H26N6O. The molecule has 3 heterocycles. The first-order valence-electron chi connectivity index (χ1n) is 9.11. The number of nitrogens with two attached hydrogens (primary N) is 1. The smallest absolute Gasteiger partial charge is 0.152 e. The Hall–Kier alpha value is -2.70. The minimum Gasteiger partial charge on any atom is -0.399 e. The van der Waals surface area contributed by atoms with Gasteiger partial charge in [-0.3, -0.25) is 4.98 Å². The van der Waals surface area contributed by atoms with E-state index in [0.717, 1.165) is 72.3 Å². The molecule has 138 valence electrons. The molecule has 0 fully saturated rings. The van der Waals surface area contributed by atoms with Crippen molar-refractivity contribution < 1.29 is 4.84 Å². The summed E-state index contributed by atoms with van der Waals surface area (Å²) in [7, 11) is 1.57. The molecule has 7 heteroatoms. The number of oxime groups is 1. The van der Waals surface area contributed by atoms with Gasteiger partial charge in [-0.05, 0) is 38.3 Å². The highest BCUT2D eigenvalue weighted by atomic mass is 16.6. The van der Waals surface area contributed by atoms with Gasteiger partial charge in [0.05, 0.1) is 11.2 Å². The number of rotatable bonds is 8. The van der Waals surface area contributed by atoms with Crippen LogP contribution in [0.2, 0.25) is 0 Å². The number of aryl methyl sites for hydroxylation is 2. The highest BCUT2D eigenvalue weighted by Crippen LogP contribution is 2.28. The normalized spacial score (nSPS) is 12.2. The summed E-state index contributed by atoms with van der Waals surface area (Å²) in [4.78, 5) is 18.7. The summed E-state index contributed by atoms with van der Waals surface area (Å²) in [6.45, 7) is 5.00. The van der Waals surface area contributed by atoms with E-state index in [-0.39, 0.29) is 0 Å². The predicted molar refractivity (Wildman–Crippen MR) is 105 cm³/mol. The zero-order valence-electron chi connectivity index (χ0n) is 15.7. The van der Waals surface area contributed by atoms with Crippen LogP contribution in [-0.2, 0) is 17.8 Å². The summed E-state index contributed by atoms with van der Waals surface area (Å²) < 4.78 is 2.26. The van der Waals surface area contributed by atoms with Crippen molar-refractivity contribution in [2.75, 3.05) is 12.8 Å². The lowest BCUT2D eigenvalue weighted by Crippen LogP contribution is -2.06. The monoisotopic (exact) mass is 354 g/mol. The minimum absolute atomic E-state index is 0.467. The Kier molecular flexibility index (Phi) is 5.65. The standard InChI is InChI=1S/C19H26N6O/c1-4-5-10-15-23-17-18(25(15)12-7-8-13(2)24-26-3)16-14(22-19(17)20)9-6-11-21-16/h6,9,11H,4-5,7-8,10,12H2,1-3H3,(H2,20,22). The molecule has 0 aromatic carbocycles. The van der Waals surface area contributed by atoms with Crippen molar-refractivity contribution >= 4 is 33.6 Å². The summed E-state index contributed by atoms with van der Waals surface area (Å²) in [6.07, 6.45) is 6.73. The van der Waals surface area contributed by atoms with Crippen LogP contribution in [0.25, 0.3) is 22.1 Å². The van der Waals surface area contributed by atoms with E-state index in [9.17, 15) is 0 Å². The molecule has 0 aliphatic heterocycles. The van der Waals surface area contributed by atoms with E-state index in [1.165, 1.54) is 0 Å². The fraction of sp³-hybridized carbons (Fsp3) is 0.474. The highest BCUT2D eigenvalue weighted by Gasteiger charge is 2.17. The molecule has 26 heavy (non-hydrogen) atoms. The third-order valence-corrected chi connectivity index (χ3v) is 4.46. The molecule has 0 aliphatic rings. The van der Waals surface area contributed by atoms with Crippen LogP contribution in [0.5, 0.6) is 0 Å². The lowest BCUT2D eigenvalue weighted by molar-refractivity contribution is 0.212. The molecule has 0 amide bonds. The van der Waals surface area contributed by atoms with Crippen molar-refractivity contribution in [1.82, 2.24) is 19.5 Å². The topological polar surface area (TPSA) is 91.2 Å². The van der Waals surface area contributed by atoms with E-state index < -0.39 is 0 Å². The molecule has 0 radical (unpaired) electrons. The van der Waals surface area contributed by atoms with Crippen molar-refractivity contribution in [1.29, 1.82) is 0 Å². The molecule has 0 bridgehead atoms. The second-order valence-corrected chi connectivity index (χ2v) is 6.46. The summed E-state index contributed by atoms with van der Waals surface area (Å²) in [5, 5.41) is 3.99. The molecule has 0 saturated carbocycles. The summed E-state index contributed by atoms with van der Waals surface area (Å²) in [5.41, 5.74) is 10.6. The van der Waals surface area contributed by atoms with E-state index in [0.29, 0.717) is 5.82 Å². The number of hydrogen-bond donors (Lipinski definition) is 1. The van der Waals surface area contributed by atoms with Gasteiger partial charge in [-0.2, -0.15) is 0 Å². The SMILES string of the molecule is CCCCc1nc2c(N)nc3cccnc3c2n1CCCC(C)=NOC. The molecule has 2 N–H and O–H groups in total.